The molecule has 0 aromatic heterocycles. The molecule has 2 N–H and O–H groups in total. The average molecular weight is 333 g/mol. The minimum Gasteiger partial charge on any atom is -0.465 e. The second-order valence-electron chi connectivity index (χ2n) is 6.64. The zero-order valence-electron chi connectivity index (χ0n) is 13.4. The Labute approximate surface area is 132 Å². The van der Waals surface area contributed by atoms with Crippen LogP contribution in [0.15, 0.2) is 0 Å². The van der Waals surface area contributed by atoms with Crippen molar-refractivity contribution in [2.45, 2.75) is 31.9 Å². The molecule has 1 atom stereocenters. The molecule has 2 fully saturated rings. The van der Waals surface area contributed by atoms with E-state index in [4.69, 9.17) is 5.11 Å². The second kappa shape index (κ2) is 7.14. The van der Waals surface area contributed by atoms with Gasteiger partial charge in [0.1, 0.15) is 0 Å². The maximum atomic E-state index is 11.7. The Morgan fingerprint density at radius 1 is 1.27 bits per heavy atom. The Morgan fingerprint density at radius 3 is 2.55 bits per heavy atom. The van der Waals surface area contributed by atoms with Gasteiger partial charge in [0.2, 0.25) is 10.0 Å². The van der Waals surface area contributed by atoms with E-state index in [0.29, 0.717) is 31.5 Å². The van der Waals surface area contributed by atoms with Gasteiger partial charge in [0.15, 0.2) is 0 Å². The Balaban J connectivity index is 1.72. The van der Waals surface area contributed by atoms with E-state index in [1.165, 1.54) is 4.90 Å². The van der Waals surface area contributed by atoms with Crippen molar-refractivity contribution < 1.29 is 18.3 Å². The van der Waals surface area contributed by atoms with Crippen LogP contribution in [0.3, 0.4) is 0 Å². The van der Waals surface area contributed by atoms with Crippen LogP contribution in [-0.2, 0) is 10.0 Å². The molecule has 0 bridgehead atoms. The number of carboxylic acid groups (broad SMARTS) is 1. The van der Waals surface area contributed by atoms with E-state index < -0.39 is 21.4 Å². The molecule has 2 aliphatic rings. The van der Waals surface area contributed by atoms with Crippen LogP contribution >= 0.6 is 0 Å². The highest BCUT2D eigenvalue weighted by atomic mass is 32.2. The van der Waals surface area contributed by atoms with E-state index in [1.54, 1.807) is 13.8 Å². The van der Waals surface area contributed by atoms with Crippen molar-refractivity contribution in [3.63, 3.8) is 0 Å². The molecule has 1 unspecified atom stereocenters. The van der Waals surface area contributed by atoms with Gasteiger partial charge < -0.3 is 14.9 Å². The fourth-order valence-electron chi connectivity index (χ4n) is 3.16. The maximum absolute atomic E-state index is 11.7. The normalized spacial score (nSPS) is 24.5. The van der Waals surface area contributed by atoms with Gasteiger partial charge in [-0.05, 0) is 45.1 Å². The van der Waals surface area contributed by atoms with Crippen LogP contribution in [0.25, 0.3) is 0 Å². The van der Waals surface area contributed by atoms with Gasteiger partial charge in [-0.25, -0.2) is 17.9 Å². The first kappa shape index (κ1) is 17.5. The third-order valence-electron chi connectivity index (χ3n) is 4.74. The monoisotopic (exact) mass is 333 g/mol. The van der Waals surface area contributed by atoms with Crippen molar-refractivity contribution in [2.75, 3.05) is 39.3 Å². The lowest BCUT2D eigenvalue weighted by atomic mass is 9.81. The average Bonchev–Trinajstić information content (AvgIpc) is 2.36. The standard InChI is InChI=1S/C14H27N3O4S/c1-11(2)22(20,21)15-5-7-16-6-3-4-12(8-16)13-9-17(10-13)14(18)19/h11-13,15H,3-10H2,1-2H3,(H,18,19). The molecule has 0 aliphatic carbocycles. The lowest BCUT2D eigenvalue weighted by molar-refractivity contribution is 0.0274. The lowest BCUT2D eigenvalue weighted by Crippen LogP contribution is -2.55. The van der Waals surface area contributed by atoms with E-state index in [-0.39, 0.29) is 0 Å². The Hall–Kier alpha value is -0.860. The fraction of sp³-hybridized carbons (Fsp3) is 0.929. The largest absolute Gasteiger partial charge is 0.465 e. The van der Waals surface area contributed by atoms with E-state index >= 15 is 0 Å². The van der Waals surface area contributed by atoms with Crippen molar-refractivity contribution in [1.29, 1.82) is 0 Å². The first-order valence-electron chi connectivity index (χ1n) is 7.98. The molecule has 2 saturated heterocycles. The lowest BCUT2D eigenvalue weighted by Gasteiger charge is -2.45. The number of amides is 1. The maximum Gasteiger partial charge on any atom is 0.407 e. The predicted octanol–water partition coefficient (Wildman–Crippen LogP) is 0.636. The van der Waals surface area contributed by atoms with Crippen molar-refractivity contribution in [3.8, 4) is 0 Å². The number of nitrogens with zero attached hydrogens (tertiary/aromatic N) is 2. The number of hydrogen-bond acceptors (Lipinski definition) is 4. The SMILES string of the molecule is CC(C)S(=O)(=O)NCCN1CCCC(C2CN(C(=O)O)C2)C1. The molecule has 8 heteroatoms. The van der Waals surface area contributed by atoms with E-state index in [1.807, 2.05) is 0 Å². The molecule has 2 aliphatic heterocycles. The first-order chi connectivity index (χ1) is 10.3. The molecular formula is C14H27N3O4S. The summed E-state index contributed by atoms with van der Waals surface area (Å²) in [5, 5.41) is 8.48. The van der Waals surface area contributed by atoms with E-state index in [2.05, 4.69) is 9.62 Å². The molecule has 0 aromatic carbocycles. The highest BCUT2D eigenvalue weighted by molar-refractivity contribution is 7.90. The van der Waals surface area contributed by atoms with Crippen LogP contribution in [0.2, 0.25) is 0 Å². The molecule has 1 amide bonds. The molecule has 0 spiro atoms. The fourth-order valence-corrected chi connectivity index (χ4v) is 3.87. The summed E-state index contributed by atoms with van der Waals surface area (Å²) in [7, 11) is -3.19. The summed E-state index contributed by atoms with van der Waals surface area (Å²) in [5.74, 6) is 0.998. The molecule has 2 heterocycles. The van der Waals surface area contributed by atoms with Gasteiger partial charge in [-0.15, -0.1) is 0 Å². The molecule has 22 heavy (non-hydrogen) atoms. The van der Waals surface area contributed by atoms with Crippen LogP contribution < -0.4 is 4.72 Å². The van der Waals surface area contributed by atoms with Crippen LogP contribution in [0.1, 0.15) is 26.7 Å². The highest BCUT2D eigenvalue weighted by Gasteiger charge is 2.37. The number of rotatable bonds is 6. The topological polar surface area (TPSA) is 90.0 Å². The van der Waals surface area contributed by atoms with E-state index in [0.717, 1.165) is 32.5 Å². The summed E-state index contributed by atoms with van der Waals surface area (Å²) in [4.78, 5) is 14.6. The van der Waals surface area contributed by atoms with E-state index in [9.17, 15) is 13.2 Å². The van der Waals surface area contributed by atoms with Gasteiger partial charge in [0.05, 0.1) is 5.25 Å². The Bertz CT molecular complexity index is 488. The van der Waals surface area contributed by atoms with Gasteiger partial charge in [0.25, 0.3) is 0 Å². The molecule has 7 nitrogen and oxygen atoms in total. The minimum atomic E-state index is -3.19. The van der Waals surface area contributed by atoms with Crippen LogP contribution in [0, 0.1) is 11.8 Å². The van der Waals surface area contributed by atoms with Crippen molar-refractivity contribution in [3.05, 3.63) is 0 Å². The summed E-state index contributed by atoms with van der Waals surface area (Å²) in [6.07, 6.45) is 1.42. The summed E-state index contributed by atoms with van der Waals surface area (Å²) in [6.45, 7) is 7.74. The zero-order valence-corrected chi connectivity index (χ0v) is 14.2. The number of hydrogen-bond donors (Lipinski definition) is 2. The van der Waals surface area contributed by atoms with Gasteiger partial charge in [-0.2, -0.15) is 0 Å². The highest BCUT2D eigenvalue weighted by Crippen LogP contribution is 2.30. The minimum absolute atomic E-state index is 0.404. The molecule has 2 rings (SSSR count). The summed E-state index contributed by atoms with van der Waals surface area (Å²) in [5.41, 5.74) is 0. The van der Waals surface area contributed by atoms with Gasteiger partial charge >= 0.3 is 6.09 Å². The third-order valence-corrected chi connectivity index (χ3v) is 6.59. The number of nitrogens with one attached hydrogen (secondary N) is 1. The van der Waals surface area contributed by atoms with Gasteiger partial charge in [0, 0.05) is 32.7 Å². The predicted molar refractivity (Wildman–Crippen MR) is 84.3 cm³/mol. The number of likely N-dealkylation sites (tertiary alicyclic amines) is 2. The molecule has 0 saturated carbocycles. The molecule has 0 radical (unpaired) electrons. The molecular weight excluding hydrogens is 306 g/mol. The van der Waals surface area contributed by atoms with Crippen LogP contribution in [-0.4, -0.2) is 73.9 Å². The molecule has 128 valence electrons. The Kier molecular flexibility index (Phi) is 5.68. The third kappa shape index (κ3) is 4.33. The Morgan fingerprint density at radius 2 is 1.95 bits per heavy atom. The summed E-state index contributed by atoms with van der Waals surface area (Å²) in [6, 6.07) is 0. The summed E-state index contributed by atoms with van der Waals surface area (Å²) >= 11 is 0. The number of carbonyl (C=O) groups is 1. The van der Waals surface area contributed by atoms with Crippen molar-refractivity contribution in [1.82, 2.24) is 14.5 Å². The van der Waals surface area contributed by atoms with Crippen LogP contribution in [0.5, 0.6) is 0 Å². The smallest absolute Gasteiger partial charge is 0.407 e. The zero-order chi connectivity index (χ0) is 16.3. The quantitative estimate of drug-likeness (QED) is 0.744. The van der Waals surface area contributed by atoms with Gasteiger partial charge in [-0.3, -0.25) is 0 Å². The number of piperidine rings is 1. The van der Waals surface area contributed by atoms with Gasteiger partial charge in [-0.1, -0.05) is 0 Å². The second-order valence-corrected chi connectivity index (χ2v) is 8.96. The van der Waals surface area contributed by atoms with Crippen molar-refractivity contribution in [2.24, 2.45) is 11.8 Å². The molecule has 0 aromatic rings. The first-order valence-corrected chi connectivity index (χ1v) is 9.53. The summed E-state index contributed by atoms with van der Waals surface area (Å²) < 4.78 is 26.1. The number of sulfonamides is 1. The van der Waals surface area contributed by atoms with Crippen molar-refractivity contribution >= 4 is 16.1 Å². The van der Waals surface area contributed by atoms with Crippen LogP contribution in [0.4, 0.5) is 4.79 Å².